The van der Waals surface area contributed by atoms with E-state index in [1.807, 2.05) is 6.07 Å². The van der Waals surface area contributed by atoms with Gasteiger partial charge in [0, 0.05) is 5.10 Å². The van der Waals surface area contributed by atoms with E-state index in [0.29, 0.717) is 11.4 Å². The Morgan fingerprint density at radius 2 is 2.08 bits per heavy atom. The van der Waals surface area contributed by atoms with Gasteiger partial charge in [-0.15, -0.1) is 0 Å². The van der Waals surface area contributed by atoms with Crippen LogP contribution in [0.2, 0.25) is 0 Å². The van der Waals surface area contributed by atoms with Crippen molar-refractivity contribution in [3.05, 3.63) is 29.5 Å². The molecule has 0 fully saturated rings. The Bertz CT molecular complexity index is 444. The summed E-state index contributed by atoms with van der Waals surface area (Å²) in [6.45, 7) is 0. The van der Waals surface area contributed by atoms with E-state index in [-0.39, 0.29) is 4.96 Å². The summed E-state index contributed by atoms with van der Waals surface area (Å²) >= 11 is 0. The van der Waals surface area contributed by atoms with Gasteiger partial charge in [0.1, 0.15) is 5.52 Å². The second-order valence-corrected chi connectivity index (χ2v) is 2.48. The maximum absolute atomic E-state index is 10.9. The molecule has 66 valence electrons. The van der Waals surface area contributed by atoms with E-state index < -0.39 is 0 Å². The molecule has 2 rings (SSSR count). The Kier molecular flexibility index (Phi) is 1.70. The molecule has 0 bridgehead atoms. The van der Waals surface area contributed by atoms with E-state index in [9.17, 15) is 5.21 Å². The molecule has 0 aliphatic heterocycles. The average Bonchev–Trinajstić information content (AvgIpc) is 2.16. The normalized spacial score (nSPS) is 10.2. The lowest BCUT2D eigenvalue weighted by atomic mass is 10.2. The highest BCUT2D eigenvalue weighted by atomic mass is 16.5. The molecule has 0 unspecified atom stereocenters. The molecule has 5 heteroatoms. The van der Waals surface area contributed by atoms with Crippen LogP contribution in [0.1, 0.15) is 0 Å². The maximum atomic E-state index is 10.9. The molecule has 5 nitrogen and oxygen atoms in total. The molecule has 0 atom stereocenters. The molecule has 1 aromatic heterocycles. The van der Waals surface area contributed by atoms with E-state index in [0.717, 1.165) is 5.39 Å². The Labute approximate surface area is 74.1 Å². The second-order valence-electron chi connectivity index (χ2n) is 2.48. The number of rotatable bonds is 1. The number of aromatic nitrogens is 3. The van der Waals surface area contributed by atoms with Gasteiger partial charge in [0.25, 0.3) is 5.88 Å². The largest absolute Gasteiger partial charge is 0.569 e. The van der Waals surface area contributed by atoms with Crippen LogP contribution >= 0.6 is 0 Å². The fraction of sp³-hybridized carbons (Fsp3) is 0.125. The number of ether oxygens (including phenoxy) is 1. The molecule has 1 aromatic carbocycles. The number of nitrogens with zero attached hydrogens (tertiary/aromatic N) is 3. The zero-order valence-corrected chi connectivity index (χ0v) is 6.97. The van der Waals surface area contributed by atoms with Gasteiger partial charge in [0.15, 0.2) is 0 Å². The predicted molar refractivity (Wildman–Crippen MR) is 45.1 cm³/mol. The van der Waals surface area contributed by atoms with Gasteiger partial charge >= 0.3 is 0 Å². The van der Waals surface area contributed by atoms with Crippen molar-refractivity contribution in [2.45, 2.75) is 0 Å². The summed E-state index contributed by atoms with van der Waals surface area (Å²) in [5.41, 5.74) is 0.573. The second kappa shape index (κ2) is 2.85. The molecule has 0 aliphatic rings. The molecule has 13 heavy (non-hydrogen) atoms. The third kappa shape index (κ3) is 1.24. The van der Waals surface area contributed by atoms with Crippen LogP contribution in [0.3, 0.4) is 0 Å². The van der Waals surface area contributed by atoms with Crippen molar-refractivity contribution >= 4 is 10.9 Å². The highest BCUT2D eigenvalue weighted by Gasteiger charge is 2.09. The summed E-state index contributed by atoms with van der Waals surface area (Å²) in [6, 6.07) is 7.17. The monoisotopic (exact) mass is 177 g/mol. The summed E-state index contributed by atoms with van der Waals surface area (Å²) < 4.78 is 4.94. The highest BCUT2D eigenvalue weighted by molar-refractivity contribution is 5.82. The molecule has 0 aliphatic carbocycles. The van der Waals surface area contributed by atoms with E-state index in [4.69, 9.17) is 4.74 Å². The zero-order chi connectivity index (χ0) is 9.26. The van der Waals surface area contributed by atoms with Gasteiger partial charge in [-0.25, -0.2) is 0 Å². The zero-order valence-electron chi connectivity index (χ0n) is 6.97. The smallest absolute Gasteiger partial charge is 0.292 e. The van der Waals surface area contributed by atoms with E-state index in [1.54, 1.807) is 18.2 Å². The van der Waals surface area contributed by atoms with Crippen molar-refractivity contribution in [2.75, 3.05) is 7.11 Å². The van der Waals surface area contributed by atoms with Crippen LogP contribution in [-0.4, -0.2) is 17.3 Å². The molecule has 1 heterocycles. The Morgan fingerprint density at radius 1 is 1.31 bits per heavy atom. The number of hydrogen-bond acceptors (Lipinski definition) is 4. The van der Waals surface area contributed by atoms with Crippen LogP contribution in [0.25, 0.3) is 10.9 Å². The third-order valence-electron chi connectivity index (χ3n) is 1.70. The summed E-state index contributed by atoms with van der Waals surface area (Å²) in [7, 11) is 1.47. The van der Waals surface area contributed by atoms with Crippen molar-refractivity contribution in [3.63, 3.8) is 0 Å². The average molecular weight is 177 g/mol. The van der Waals surface area contributed by atoms with Gasteiger partial charge in [-0.3, -0.25) is 0 Å². The van der Waals surface area contributed by atoms with Crippen molar-refractivity contribution in [2.24, 2.45) is 0 Å². The SMILES string of the molecule is COc1n[n+]([O-])nc2ccccc12. The predicted octanol–water partition coefficient (Wildman–Crippen LogP) is 0.272. The first kappa shape index (κ1) is 7.72. The topological polar surface area (TPSA) is 62.0 Å². The summed E-state index contributed by atoms with van der Waals surface area (Å²) in [6.07, 6.45) is 0. The maximum Gasteiger partial charge on any atom is 0.292 e. The van der Waals surface area contributed by atoms with Crippen molar-refractivity contribution in [1.82, 2.24) is 10.2 Å². The first-order valence-electron chi connectivity index (χ1n) is 3.72. The molecular weight excluding hydrogens is 170 g/mol. The minimum Gasteiger partial charge on any atom is -0.569 e. The van der Waals surface area contributed by atoms with Gasteiger partial charge in [-0.1, -0.05) is 12.1 Å². The first-order chi connectivity index (χ1) is 6.31. The van der Waals surface area contributed by atoms with E-state index >= 15 is 0 Å². The number of fused-ring (bicyclic) bond motifs is 1. The lowest BCUT2D eigenvalue weighted by Gasteiger charge is -1.99. The Hall–Kier alpha value is -1.91. The van der Waals surface area contributed by atoms with E-state index in [2.05, 4.69) is 10.2 Å². The minimum atomic E-state index is 0.251. The van der Waals surface area contributed by atoms with Crippen LogP contribution < -0.4 is 9.70 Å². The fourth-order valence-electron chi connectivity index (χ4n) is 1.14. The Balaban J connectivity index is 2.81. The minimum absolute atomic E-state index is 0.251. The van der Waals surface area contributed by atoms with Crippen molar-refractivity contribution in [3.8, 4) is 5.88 Å². The molecule has 0 spiro atoms. The van der Waals surface area contributed by atoms with Crippen molar-refractivity contribution in [1.29, 1.82) is 0 Å². The summed E-state index contributed by atoms with van der Waals surface area (Å²) in [5, 5.41) is 18.8. The van der Waals surface area contributed by atoms with Crippen LogP contribution in [-0.2, 0) is 0 Å². The highest BCUT2D eigenvalue weighted by Crippen LogP contribution is 2.17. The number of methoxy groups -OCH3 is 1. The quantitative estimate of drug-likeness (QED) is 0.463. The molecule has 0 radical (unpaired) electrons. The molecule has 0 amide bonds. The van der Waals surface area contributed by atoms with Gasteiger partial charge in [-0.2, -0.15) is 0 Å². The first-order valence-corrected chi connectivity index (χ1v) is 3.72. The van der Waals surface area contributed by atoms with Crippen LogP contribution in [0.4, 0.5) is 0 Å². The van der Waals surface area contributed by atoms with Crippen LogP contribution in [0.5, 0.6) is 5.88 Å². The van der Waals surface area contributed by atoms with Gasteiger partial charge in [-0.05, 0) is 12.1 Å². The molecule has 0 saturated carbocycles. The summed E-state index contributed by atoms with van der Waals surface area (Å²) in [4.78, 5) is 0.251. The Morgan fingerprint density at radius 3 is 2.85 bits per heavy atom. The van der Waals surface area contributed by atoms with Crippen LogP contribution in [0.15, 0.2) is 24.3 Å². The standard InChI is InChI=1S/C8H7N3O2/c1-13-8-6-4-2-3-5-7(6)9-11(12)10-8/h2-5H,1H3. The molecule has 2 aromatic rings. The van der Waals surface area contributed by atoms with Gasteiger partial charge in [0.05, 0.1) is 22.6 Å². The fourth-order valence-corrected chi connectivity index (χ4v) is 1.14. The third-order valence-corrected chi connectivity index (χ3v) is 1.70. The lowest BCUT2D eigenvalue weighted by molar-refractivity contribution is -0.726. The number of hydrogen-bond donors (Lipinski definition) is 0. The van der Waals surface area contributed by atoms with Crippen molar-refractivity contribution < 1.29 is 9.70 Å². The number of benzene rings is 1. The molecule has 0 saturated heterocycles. The molecule has 0 N–H and O–H groups in total. The summed E-state index contributed by atoms with van der Waals surface area (Å²) in [5.74, 6) is 0.292. The van der Waals surface area contributed by atoms with Gasteiger partial charge < -0.3 is 9.94 Å². The molecular formula is C8H7N3O2. The lowest BCUT2D eigenvalue weighted by Crippen LogP contribution is -2.35. The van der Waals surface area contributed by atoms with Crippen LogP contribution in [0, 0.1) is 5.21 Å². The van der Waals surface area contributed by atoms with Gasteiger partial charge in [0.2, 0.25) is 0 Å². The van der Waals surface area contributed by atoms with E-state index in [1.165, 1.54) is 7.11 Å².